The molecule has 0 amide bonds. The Morgan fingerprint density at radius 2 is 1.90 bits per heavy atom. The maximum absolute atomic E-state index is 10.7. The van der Waals surface area contributed by atoms with Crippen LogP contribution >= 0.6 is 0 Å². The van der Waals surface area contributed by atoms with E-state index in [0.29, 0.717) is 11.8 Å². The standard InChI is InChI=1S/C17H31NO2/c1-16(2)8-6-13(15(16)19)11-18-10-9-17(20)7-4-3-5-14(17)12-18/h13-15,19-20H,3-12H2,1-2H3. The van der Waals surface area contributed by atoms with Crippen LogP contribution in [0.2, 0.25) is 0 Å². The number of aliphatic hydroxyl groups is 2. The van der Waals surface area contributed by atoms with Crippen LogP contribution in [0.15, 0.2) is 0 Å². The lowest BCUT2D eigenvalue weighted by molar-refractivity contribution is -0.0997. The van der Waals surface area contributed by atoms with E-state index >= 15 is 0 Å². The zero-order valence-electron chi connectivity index (χ0n) is 13.1. The van der Waals surface area contributed by atoms with Crippen molar-refractivity contribution in [1.82, 2.24) is 4.90 Å². The molecule has 0 radical (unpaired) electrons. The minimum atomic E-state index is -0.373. The fourth-order valence-electron chi connectivity index (χ4n) is 4.83. The van der Waals surface area contributed by atoms with E-state index in [1.165, 1.54) is 19.3 Å². The average Bonchev–Trinajstić information content (AvgIpc) is 2.66. The molecule has 0 spiro atoms. The van der Waals surface area contributed by atoms with Gasteiger partial charge in [0.2, 0.25) is 0 Å². The average molecular weight is 281 g/mol. The smallest absolute Gasteiger partial charge is 0.0700 e. The zero-order valence-corrected chi connectivity index (χ0v) is 13.1. The van der Waals surface area contributed by atoms with Crippen molar-refractivity contribution < 1.29 is 10.2 Å². The number of nitrogens with zero attached hydrogens (tertiary/aromatic N) is 1. The second kappa shape index (κ2) is 5.26. The molecule has 0 aromatic carbocycles. The Balaban J connectivity index is 1.58. The Morgan fingerprint density at radius 3 is 2.60 bits per heavy atom. The predicted molar refractivity (Wildman–Crippen MR) is 80.5 cm³/mol. The monoisotopic (exact) mass is 281 g/mol. The molecule has 0 bridgehead atoms. The summed E-state index contributed by atoms with van der Waals surface area (Å²) in [6, 6.07) is 0. The summed E-state index contributed by atoms with van der Waals surface area (Å²) in [7, 11) is 0. The van der Waals surface area contributed by atoms with Gasteiger partial charge in [-0.25, -0.2) is 0 Å². The number of aliphatic hydroxyl groups excluding tert-OH is 1. The summed E-state index contributed by atoms with van der Waals surface area (Å²) in [5, 5.41) is 21.2. The van der Waals surface area contributed by atoms with E-state index in [9.17, 15) is 10.2 Å². The topological polar surface area (TPSA) is 43.7 Å². The molecule has 20 heavy (non-hydrogen) atoms. The van der Waals surface area contributed by atoms with Crippen molar-refractivity contribution in [3.63, 3.8) is 0 Å². The van der Waals surface area contributed by atoms with Crippen molar-refractivity contribution in [3.05, 3.63) is 0 Å². The van der Waals surface area contributed by atoms with Crippen molar-refractivity contribution in [2.45, 2.75) is 70.5 Å². The molecule has 116 valence electrons. The molecule has 1 heterocycles. The van der Waals surface area contributed by atoms with Gasteiger partial charge in [-0.3, -0.25) is 0 Å². The minimum absolute atomic E-state index is 0.0893. The summed E-state index contributed by atoms with van der Waals surface area (Å²) < 4.78 is 0. The second-order valence-electron chi connectivity index (χ2n) is 8.29. The first-order valence-corrected chi connectivity index (χ1v) is 8.53. The van der Waals surface area contributed by atoms with Crippen LogP contribution in [-0.2, 0) is 0 Å². The second-order valence-corrected chi connectivity index (χ2v) is 8.29. The molecule has 3 heteroatoms. The van der Waals surface area contributed by atoms with Crippen molar-refractivity contribution in [2.24, 2.45) is 17.3 Å². The van der Waals surface area contributed by atoms with Crippen LogP contribution in [0, 0.1) is 17.3 Å². The number of rotatable bonds is 2. The number of fused-ring (bicyclic) bond motifs is 1. The molecule has 0 aromatic heterocycles. The lowest BCUT2D eigenvalue weighted by Crippen LogP contribution is -2.54. The number of likely N-dealkylation sites (tertiary alicyclic amines) is 1. The van der Waals surface area contributed by atoms with E-state index in [2.05, 4.69) is 18.7 Å². The van der Waals surface area contributed by atoms with Crippen LogP contribution in [0.3, 0.4) is 0 Å². The normalized spacial score (nSPS) is 45.3. The maximum Gasteiger partial charge on any atom is 0.0700 e. The summed E-state index contributed by atoms with van der Waals surface area (Å²) >= 11 is 0. The maximum atomic E-state index is 10.7. The molecule has 2 aliphatic carbocycles. The van der Waals surface area contributed by atoms with Crippen molar-refractivity contribution in [2.75, 3.05) is 19.6 Å². The molecule has 3 fully saturated rings. The SMILES string of the molecule is CC1(C)CCC(CN2CCC3(O)CCCCC3C2)C1O. The number of piperidine rings is 1. The van der Waals surface area contributed by atoms with Crippen LogP contribution in [0.25, 0.3) is 0 Å². The van der Waals surface area contributed by atoms with Crippen LogP contribution < -0.4 is 0 Å². The quantitative estimate of drug-likeness (QED) is 0.817. The van der Waals surface area contributed by atoms with Crippen molar-refractivity contribution >= 4 is 0 Å². The van der Waals surface area contributed by atoms with Gasteiger partial charge in [0, 0.05) is 25.6 Å². The van der Waals surface area contributed by atoms with Gasteiger partial charge in [0.25, 0.3) is 0 Å². The molecule has 1 saturated heterocycles. The van der Waals surface area contributed by atoms with Gasteiger partial charge in [-0.15, -0.1) is 0 Å². The zero-order chi connectivity index (χ0) is 14.4. The molecule has 3 nitrogen and oxygen atoms in total. The number of hydrogen-bond acceptors (Lipinski definition) is 3. The summed E-state index contributed by atoms with van der Waals surface area (Å²) in [6.07, 6.45) is 7.73. The molecule has 0 aromatic rings. The summed E-state index contributed by atoms with van der Waals surface area (Å²) in [5.74, 6) is 0.899. The number of hydrogen-bond donors (Lipinski definition) is 2. The third-order valence-electron chi connectivity index (χ3n) is 6.41. The molecule has 2 saturated carbocycles. The van der Waals surface area contributed by atoms with Crippen LogP contribution in [0.5, 0.6) is 0 Å². The Labute approximate surface area is 123 Å². The molecule has 1 aliphatic heterocycles. The Morgan fingerprint density at radius 1 is 1.10 bits per heavy atom. The van der Waals surface area contributed by atoms with Gasteiger partial charge in [0.05, 0.1) is 11.7 Å². The first-order valence-electron chi connectivity index (χ1n) is 8.53. The van der Waals surface area contributed by atoms with E-state index in [4.69, 9.17) is 0 Å². The fourth-order valence-corrected chi connectivity index (χ4v) is 4.83. The Bertz CT molecular complexity index is 357. The summed E-state index contributed by atoms with van der Waals surface area (Å²) in [6.45, 7) is 7.45. The molecular weight excluding hydrogens is 250 g/mol. The van der Waals surface area contributed by atoms with E-state index < -0.39 is 0 Å². The first kappa shape index (κ1) is 14.8. The highest BCUT2D eigenvalue weighted by atomic mass is 16.3. The van der Waals surface area contributed by atoms with E-state index in [1.807, 2.05) is 0 Å². The molecule has 4 atom stereocenters. The van der Waals surface area contributed by atoms with E-state index in [1.54, 1.807) is 0 Å². The summed E-state index contributed by atoms with van der Waals surface area (Å²) in [4.78, 5) is 2.51. The minimum Gasteiger partial charge on any atom is -0.392 e. The van der Waals surface area contributed by atoms with Crippen LogP contribution in [-0.4, -0.2) is 46.5 Å². The fraction of sp³-hybridized carbons (Fsp3) is 1.00. The lowest BCUT2D eigenvalue weighted by atomic mass is 9.71. The summed E-state index contributed by atoms with van der Waals surface area (Å²) in [5.41, 5.74) is -0.283. The molecule has 3 rings (SSSR count). The lowest BCUT2D eigenvalue weighted by Gasteiger charge is -2.48. The molecule has 2 N–H and O–H groups in total. The highest BCUT2D eigenvalue weighted by molar-refractivity contribution is 4.98. The molecule has 4 unspecified atom stereocenters. The van der Waals surface area contributed by atoms with E-state index in [0.717, 1.165) is 45.3 Å². The van der Waals surface area contributed by atoms with E-state index in [-0.39, 0.29) is 17.1 Å². The van der Waals surface area contributed by atoms with Crippen molar-refractivity contribution in [1.29, 1.82) is 0 Å². The van der Waals surface area contributed by atoms with Gasteiger partial charge >= 0.3 is 0 Å². The van der Waals surface area contributed by atoms with Crippen molar-refractivity contribution in [3.8, 4) is 0 Å². The largest absolute Gasteiger partial charge is 0.392 e. The van der Waals surface area contributed by atoms with Gasteiger partial charge < -0.3 is 15.1 Å². The Kier molecular flexibility index (Phi) is 3.89. The first-order chi connectivity index (χ1) is 9.41. The third kappa shape index (κ3) is 2.65. The van der Waals surface area contributed by atoms with Gasteiger partial charge in [-0.1, -0.05) is 26.7 Å². The van der Waals surface area contributed by atoms with Crippen LogP contribution in [0.1, 0.15) is 58.8 Å². The molecule has 3 aliphatic rings. The predicted octanol–water partition coefficient (Wildman–Crippen LogP) is 2.41. The van der Waals surface area contributed by atoms with Gasteiger partial charge in [0.1, 0.15) is 0 Å². The molecular formula is C17H31NO2. The van der Waals surface area contributed by atoms with Crippen LogP contribution in [0.4, 0.5) is 0 Å². The Hall–Kier alpha value is -0.120. The third-order valence-corrected chi connectivity index (χ3v) is 6.41. The van der Waals surface area contributed by atoms with Gasteiger partial charge in [0.15, 0.2) is 0 Å². The highest BCUT2D eigenvalue weighted by Gasteiger charge is 2.45. The highest BCUT2D eigenvalue weighted by Crippen LogP contribution is 2.43. The van der Waals surface area contributed by atoms with Gasteiger partial charge in [-0.2, -0.15) is 0 Å². The van der Waals surface area contributed by atoms with Gasteiger partial charge in [-0.05, 0) is 43.4 Å².